The molecule has 15 heavy (non-hydrogen) atoms. The van der Waals surface area contributed by atoms with Crippen molar-refractivity contribution in [3.8, 4) is 0 Å². The van der Waals surface area contributed by atoms with E-state index in [0.717, 1.165) is 0 Å². The number of carboxylic acid groups (broad SMARTS) is 3. The molecule has 0 aliphatic rings. The topological polar surface area (TPSA) is 120 Å². The van der Waals surface area contributed by atoms with Crippen molar-refractivity contribution < 1.29 is 118 Å². The third-order valence-corrected chi connectivity index (χ3v) is 0.889. The van der Waals surface area contributed by atoms with Crippen LogP contribution in [0.3, 0.4) is 0 Å². The minimum absolute atomic E-state index is 0. The number of carboxylic acids is 3. The molecule has 0 aliphatic carbocycles. The summed E-state index contributed by atoms with van der Waals surface area (Å²) in [7, 11) is 0. The quantitative estimate of drug-likeness (QED) is 0.355. The Hall–Kier alpha value is 1.15. The van der Waals surface area contributed by atoms with Gasteiger partial charge in [-0.1, -0.05) is 0 Å². The zero-order valence-electron chi connectivity index (χ0n) is 8.73. The molecule has 0 aromatic rings. The van der Waals surface area contributed by atoms with E-state index in [1.165, 1.54) is 0 Å². The van der Waals surface area contributed by atoms with Gasteiger partial charge in [-0.3, -0.25) is 0 Å². The molecular weight excluding hydrogens is 237 g/mol. The van der Waals surface area contributed by atoms with Crippen LogP contribution in [0.2, 0.25) is 0 Å². The van der Waals surface area contributed by atoms with Crippen LogP contribution >= 0.6 is 0 Å². The van der Waals surface area contributed by atoms with E-state index in [-0.39, 0.29) is 94.7 Å². The van der Waals surface area contributed by atoms with Crippen LogP contribution in [0.4, 0.5) is 0 Å². The number of carbonyl (C=O) groups excluding carboxylic acids is 3. The molecule has 0 N–H and O–H groups in total. The molecule has 0 aromatic carbocycles. The molecule has 0 aliphatic heterocycles. The second-order valence-corrected chi connectivity index (χ2v) is 1.82. The Morgan fingerprint density at radius 2 is 1.33 bits per heavy atom. The maximum Gasteiger partial charge on any atom is 1.00 e. The normalized spacial score (nSPS) is 8.67. The van der Waals surface area contributed by atoms with Gasteiger partial charge in [-0.05, 0) is 11.6 Å². The minimum Gasteiger partial charge on any atom is -0.550 e. The molecule has 0 bridgehead atoms. The molecule has 0 unspecified atom stereocenters. The van der Waals surface area contributed by atoms with E-state index >= 15 is 0 Å². The van der Waals surface area contributed by atoms with Crippen molar-refractivity contribution in [1.82, 2.24) is 0 Å². The summed E-state index contributed by atoms with van der Waals surface area (Å²) in [6, 6.07) is 0. The van der Waals surface area contributed by atoms with Gasteiger partial charge < -0.3 is 29.7 Å². The molecule has 9 heteroatoms. The minimum atomic E-state index is -1.87. The van der Waals surface area contributed by atoms with Crippen molar-refractivity contribution in [3.63, 3.8) is 0 Å². The van der Waals surface area contributed by atoms with E-state index in [0.29, 0.717) is 0 Å². The van der Waals surface area contributed by atoms with Gasteiger partial charge >= 0.3 is 88.7 Å². The van der Waals surface area contributed by atoms with Gasteiger partial charge in [0.1, 0.15) is 0 Å². The first-order valence-corrected chi connectivity index (χ1v) is 2.76. The van der Waals surface area contributed by atoms with Gasteiger partial charge in [0.2, 0.25) is 0 Å². The standard InChI is InChI=1S/C6H6O6.3Na/c7-4(8)1-3(6(11)12)2-5(9)10;;;/h1H,2H2,(H,7,8)(H,9,10)(H,11,12);;;/q;3*+1/p-3/b3-1+;;;. The first kappa shape index (κ1) is 25.1. The smallest absolute Gasteiger partial charge is 0.550 e. The van der Waals surface area contributed by atoms with Crippen LogP contribution in [0.1, 0.15) is 6.42 Å². The number of rotatable bonds is 4. The fourth-order valence-electron chi connectivity index (χ4n) is 0.480. The van der Waals surface area contributed by atoms with E-state index < -0.39 is 29.9 Å². The molecule has 0 radical (unpaired) electrons. The molecule has 0 rings (SSSR count). The van der Waals surface area contributed by atoms with E-state index in [2.05, 4.69) is 0 Å². The monoisotopic (exact) mass is 240 g/mol. The van der Waals surface area contributed by atoms with E-state index in [1.54, 1.807) is 0 Å². The summed E-state index contributed by atoms with van der Waals surface area (Å²) in [6.07, 6.45) is -0.874. The van der Waals surface area contributed by atoms with Crippen molar-refractivity contribution in [2.24, 2.45) is 0 Å². The Morgan fingerprint density at radius 3 is 1.53 bits per heavy atom. The molecule has 0 aromatic heterocycles. The van der Waals surface area contributed by atoms with Gasteiger partial charge in [-0.15, -0.1) is 0 Å². The number of aliphatic carboxylic acids is 3. The fraction of sp³-hybridized carbons (Fsp3) is 0.167. The van der Waals surface area contributed by atoms with Crippen molar-refractivity contribution in [2.45, 2.75) is 6.42 Å². The van der Waals surface area contributed by atoms with Crippen LogP contribution < -0.4 is 104 Å². The molecule has 6 nitrogen and oxygen atoms in total. The van der Waals surface area contributed by atoms with E-state index in [9.17, 15) is 29.7 Å². The summed E-state index contributed by atoms with van der Waals surface area (Å²) in [6.45, 7) is 0. The first-order valence-electron chi connectivity index (χ1n) is 2.76. The van der Waals surface area contributed by atoms with Crippen molar-refractivity contribution >= 4 is 17.9 Å². The predicted molar refractivity (Wildman–Crippen MR) is 27.7 cm³/mol. The van der Waals surface area contributed by atoms with Gasteiger partial charge in [0.25, 0.3) is 0 Å². The molecule has 0 heterocycles. The Balaban J connectivity index is -0.000000202. The van der Waals surface area contributed by atoms with E-state index in [1.807, 2.05) is 0 Å². The first-order chi connectivity index (χ1) is 5.43. The number of hydrogen-bond acceptors (Lipinski definition) is 6. The maximum absolute atomic E-state index is 10.0. The molecule has 0 spiro atoms. The molecule has 0 saturated carbocycles. The van der Waals surface area contributed by atoms with Crippen LogP contribution in [-0.2, 0) is 14.4 Å². The van der Waals surface area contributed by atoms with Gasteiger partial charge in [0.05, 0.1) is 11.9 Å². The van der Waals surface area contributed by atoms with Gasteiger partial charge in [-0.2, -0.15) is 0 Å². The van der Waals surface area contributed by atoms with Gasteiger partial charge in [0, 0.05) is 12.4 Å². The van der Waals surface area contributed by atoms with Gasteiger partial charge in [-0.25, -0.2) is 0 Å². The summed E-state index contributed by atoms with van der Waals surface area (Å²) in [4.78, 5) is 29.7. The Labute approximate surface area is 152 Å². The largest absolute Gasteiger partial charge is 1.00 e. The fourth-order valence-corrected chi connectivity index (χ4v) is 0.480. The van der Waals surface area contributed by atoms with Gasteiger partial charge in [0.15, 0.2) is 0 Å². The molecule has 66 valence electrons. The average Bonchev–Trinajstić information content (AvgIpc) is 1.83. The Bertz CT molecular complexity index is 262. The molecule has 0 amide bonds. The third kappa shape index (κ3) is 15.1. The van der Waals surface area contributed by atoms with Crippen molar-refractivity contribution in [3.05, 3.63) is 11.6 Å². The average molecular weight is 240 g/mol. The van der Waals surface area contributed by atoms with Crippen molar-refractivity contribution in [2.75, 3.05) is 0 Å². The molecular formula is C6H3Na3O6. The number of hydrogen-bond donors (Lipinski definition) is 0. The second kappa shape index (κ2) is 13.2. The summed E-state index contributed by atoms with van der Waals surface area (Å²) in [5, 5.41) is 29.7. The summed E-state index contributed by atoms with van der Waals surface area (Å²) >= 11 is 0. The Morgan fingerprint density at radius 1 is 0.933 bits per heavy atom. The molecule has 0 fully saturated rings. The Kier molecular flexibility index (Phi) is 22.1. The number of carbonyl (C=O) groups is 3. The maximum atomic E-state index is 10.0. The zero-order chi connectivity index (χ0) is 9.72. The summed E-state index contributed by atoms with van der Waals surface area (Å²) in [5.41, 5.74) is -0.894. The third-order valence-electron chi connectivity index (χ3n) is 0.889. The summed E-state index contributed by atoms with van der Waals surface area (Å²) in [5.74, 6) is -5.37. The second-order valence-electron chi connectivity index (χ2n) is 1.82. The van der Waals surface area contributed by atoms with Crippen molar-refractivity contribution in [1.29, 1.82) is 0 Å². The molecule has 0 saturated heterocycles. The van der Waals surface area contributed by atoms with E-state index in [4.69, 9.17) is 0 Å². The van der Waals surface area contributed by atoms with Crippen LogP contribution in [0, 0.1) is 0 Å². The predicted octanol–water partition coefficient (Wildman–Crippen LogP) is -13.4. The summed E-state index contributed by atoms with van der Waals surface area (Å²) < 4.78 is 0. The van der Waals surface area contributed by atoms with Crippen LogP contribution in [0.5, 0.6) is 0 Å². The van der Waals surface area contributed by atoms with Crippen LogP contribution in [-0.4, -0.2) is 17.9 Å². The van der Waals surface area contributed by atoms with Crippen LogP contribution in [0.25, 0.3) is 0 Å². The molecule has 0 atom stereocenters. The zero-order valence-corrected chi connectivity index (χ0v) is 14.7. The SMILES string of the molecule is O=C([O-])/C=C(\CC(=O)[O-])C(=O)[O-].[Na+].[Na+].[Na+]. The van der Waals surface area contributed by atoms with Crippen LogP contribution in [0.15, 0.2) is 11.6 Å².